The van der Waals surface area contributed by atoms with Gasteiger partial charge < -0.3 is 10.5 Å². The quantitative estimate of drug-likeness (QED) is 0.519. The van der Waals surface area contributed by atoms with Crippen molar-refractivity contribution in [3.63, 3.8) is 0 Å². The first-order valence-electron chi connectivity index (χ1n) is 4.79. The molecule has 0 saturated heterocycles. The highest BCUT2D eigenvalue weighted by Crippen LogP contribution is 2.18. The van der Waals surface area contributed by atoms with Crippen LogP contribution in [0.15, 0.2) is 11.8 Å². The van der Waals surface area contributed by atoms with E-state index in [9.17, 15) is 4.79 Å². The van der Waals surface area contributed by atoms with Crippen molar-refractivity contribution in [1.82, 2.24) is 9.97 Å². The molecule has 0 spiro atoms. The summed E-state index contributed by atoms with van der Waals surface area (Å²) in [6.07, 6.45) is 0. The van der Waals surface area contributed by atoms with Gasteiger partial charge in [0.15, 0.2) is 5.82 Å². The summed E-state index contributed by atoms with van der Waals surface area (Å²) in [6, 6.07) is 1.39. The second kappa shape index (κ2) is 5.84. The standard InChI is InChI=1S/C10H11Cl2N3O2/c1-3-17-10(16)8(13)5(2)9-14-6(11)4-7(12)15-9/h4H,3,13H2,1-2H3. The molecule has 0 aliphatic rings. The van der Waals surface area contributed by atoms with Crippen LogP contribution in [0.2, 0.25) is 10.3 Å². The van der Waals surface area contributed by atoms with Crippen molar-refractivity contribution in [2.24, 2.45) is 5.73 Å². The number of nitrogens with two attached hydrogens (primary N) is 1. The molecule has 0 bridgehead atoms. The molecular formula is C10H11Cl2N3O2. The van der Waals surface area contributed by atoms with Crippen molar-refractivity contribution < 1.29 is 9.53 Å². The highest BCUT2D eigenvalue weighted by Gasteiger charge is 2.14. The molecule has 0 aromatic carbocycles. The molecule has 17 heavy (non-hydrogen) atoms. The zero-order valence-corrected chi connectivity index (χ0v) is 10.8. The van der Waals surface area contributed by atoms with E-state index in [2.05, 4.69) is 9.97 Å². The maximum atomic E-state index is 11.4. The molecule has 1 heterocycles. The Bertz CT molecular complexity index is 454. The fourth-order valence-electron chi connectivity index (χ4n) is 1.04. The Hall–Kier alpha value is -1.33. The number of carbonyl (C=O) groups excluding carboxylic acids is 1. The molecule has 5 nitrogen and oxygen atoms in total. The molecule has 0 saturated carbocycles. The van der Waals surface area contributed by atoms with Crippen molar-refractivity contribution in [2.75, 3.05) is 6.61 Å². The Morgan fingerprint density at radius 2 is 1.94 bits per heavy atom. The Morgan fingerprint density at radius 1 is 1.41 bits per heavy atom. The summed E-state index contributed by atoms with van der Waals surface area (Å²) in [5.41, 5.74) is 5.92. The molecule has 1 aromatic rings. The lowest BCUT2D eigenvalue weighted by Gasteiger charge is -2.06. The molecule has 2 N–H and O–H groups in total. The smallest absolute Gasteiger partial charge is 0.354 e. The number of hydrogen-bond donors (Lipinski definition) is 1. The predicted molar refractivity (Wildman–Crippen MR) is 65.5 cm³/mol. The summed E-state index contributed by atoms with van der Waals surface area (Å²) in [6.45, 7) is 3.52. The lowest BCUT2D eigenvalue weighted by atomic mass is 10.2. The summed E-state index contributed by atoms with van der Waals surface area (Å²) >= 11 is 11.4. The minimum absolute atomic E-state index is 0.0646. The van der Waals surface area contributed by atoms with Gasteiger partial charge >= 0.3 is 5.97 Å². The van der Waals surface area contributed by atoms with Crippen LogP contribution in [-0.4, -0.2) is 22.5 Å². The van der Waals surface area contributed by atoms with Crippen LogP contribution in [0.1, 0.15) is 19.7 Å². The van der Waals surface area contributed by atoms with Crippen LogP contribution in [-0.2, 0) is 9.53 Å². The Morgan fingerprint density at radius 3 is 2.41 bits per heavy atom. The molecule has 1 aromatic heterocycles. The van der Waals surface area contributed by atoms with Gasteiger partial charge in [0.05, 0.1) is 6.61 Å². The number of aromatic nitrogens is 2. The van der Waals surface area contributed by atoms with Crippen molar-refractivity contribution in [3.05, 3.63) is 27.9 Å². The lowest BCUT2D eigenvalue weighted by molar-refractivity contribution is -0.138. The minimum atomic E-state index is -0.621. The van der Waals surface area contributed by atoms with Gasteiger partial charge in [-0.1, -0.05) is 23.2 Å². The zero-order chi connectivity index (χ0) is 13.0. The van der Waals surface area contributed by atoms with E-state index in [0.29, 0.717) is 5.57 Å². The molecule has 7 heteroatoms. The molecule has 0 aliphatic carbocycles. The molecule has 0 unspecified atom stereocenters. The van der Waals surface area contributed by atoms with Gasteiger partial charge in [-0.05, 0) is 13.8 Å². The van der Waals surface area contributed by atoms with Crippen molar-refractivity contribution in [3.8, 4) is 0 Å². The SMILES string of the molecule is CCOC(=O)C(N)=C(C)c1nc(Cl)cc(Cl)n1. The third kappa shape index (κ3) is 3.57. The van der Waals surface area contributed by atoms with E-state index < -0.39 is 5.97 Å². The van der Waals surface area contributed by atoms with E-state index in [0.717, 1.165) is 0 Å². The third-order valence-corrected chi connectivity index (χ3v) is 2.29. The van der Waals surface area contributed by atoms with Crippen molar-refractivity contribution >= 4 is 34.7 Å². The fourth-order valence-corrected chi connectivity index (χ4v) is 1.46. The Labute approximate surface area is 109 Å². The van der Waals surface area contributed by atoms with Gasteiger partial charge in [-0.3, -0.25) is 0 Å². The zero-order valence-electron chi connectivity index (χ0n) is 9.33. The number of hydrogen-bond acceptors (Lipinski definition) is 5. The molecule has 92 valence electrons. The van der Waals surface area contributed by atoms with Crippen LogP contribution in [0, 0.1) is 0 Å². The van der Waals surface area contributed by atoms with Crippen LogP contribution in [0.4, 0.5) is 0 Å². The number of ether oxygens (including phenoxy) is 1. The summed E-state index contributed by atoms with van der Waals surface area (Å²) in [5.74, 6) is -0.419. The van der Waals surface area contributed by atoms with Gasteiger partial charge in [0.1, 0.15) is 16.0 Å². The number of carbonyl (C=O) groups is 1. The van der Waals surface area contributed by atoms with E-state index >= 15 is 0 Å². The summed E-state index contributed by atoms with van der Waals surface area (Å²) < 4.78 is 4.76. The number of halogens is 2. The summed E-state index contributed by atoms with van der Waals surface area (Å²) in [5, 5.41) is 0.354. The van der Waals surface area contributed by atoms with E-state index in [4.69, 9.17) is 33.7 Å². The van der Waals surface area contributed by atoms with Crippen molar-refractivity contribution in [1.29, 1.82) is 0 Å². The molecule has 0 aliphatic heterocycles. The first-order chi connectivity index (χ1) is 7.95. The molecular weight excluding hydrogens is 265 g/mol. The third-order valence-electron chi connectivity index (χ3n) is 1.90. The number of nitrogens with zero attached hydrogens (tertiary/aromatic N) is 2. The molecule has 0 radical (unpaired) electrons. The van der Waals surface area contributed by atoms with Crippen molar-refractivity contribution in [2.45, 2.75) is 13.8 Å². The Balaban J connectivity index is 3.13. The predicted octanol–water partition coefficient (Wildman–Crippen LogP) is 2.04. The number of rotatable bonds is 3. The van der Waals surface area contributed by atoms with E-state index in [1.807, 2.05) is 0 Å². The molecule has 0 atom stereocenters. The average Bonchev–Trinajstić information content (AvgIpc) is 2.26. The first kappa shape index (κ1) is 13.7. The van der Waals surface area contributed by atoms with Gasteiger partial charge in [-0.15, -0.1) is 0 Å². The maximum Gasteiger partial charge on any atom is 0.354 e. The van der Waals surface area contributed by atoms with Crippen LogP contribution in [0.25, 0.3) is 5.57 Å². The normalized spacial score (nSPS) is 12.0. The number of esters is 1. The summed E-state index contributed by atoms with van der Waals surface area (Å²) in [4.78, 5) is 19.2. The second-order valence-corrected chi connectivity index (χ2v) is 3.87. The van der Waals surface area contributed by atoms with E-state index in [-0.39, 0.29) is 28.4 Å². The first-order valence-corrected chi connectivity index (χ1v) is 5.55. The Kier molecular flexibility index (Phi) is 4.72. The lowest BCUT2D eigenvalue weighted by Crippen LogP contribution is -2.17. The highest BCUT2D eigenvalue weighted by atomic mass is 35.5. The van der Waals surface area contributed by atoms with Gasteiger partial charge in [-0.25, -0.2) is 14.8 Å². The fraction of sp³-hybridized carbons (Fsp3) is 0.300. The number of allylic oxidation sites excluding steroid dienone is 1. The van der Waals surface area contributed by atoms with Gasteiger partial charge in [0.25, 0.3) is 0 Å². The van der Waals surface area contributed by atoms with E-state index in [1.165, 1.54) is 6.07 Å². The molecule has 0 fully saturated rings. The van der Waals surface area contributed by atoms with Crippen LogP contribution < -0.4 is 5.73 Å². The van der Waals surface area contributed by atoms with Gasteiger partial charge in [0.2, 0.25) is 0 Å². The van der Waals surface area contributed by atoms with Crippen LogP contribution in [0.3, 0.4) is 0 Å². The second-order valence-electron chi connectivity index (χ2n) is 3.10. The van der Waals surface area contributed by atoms with Gasteiger partial charge in [-0.2, -0.15) is 0 Å². The minimum Gasteiger partial charge on any atom is -0.461 e. The highest BCUT2D eigenvalue weighted by molar-refractivity contribution is 6.33. The molecule has 1 rings (SSSR count). The average molecular weight is 276 g/mol. The maximum absolute atomic E-state index is 11.4. The topological polar surface area (TPSA) is 78.1 Å². The molecule has 0 amide bonds. The van der Waals surface area contributed by atoms with Crippen LogP contribution in [0.5, 0.6) is 0 Å². The van der Waals surface area contributed by atoms with E-state index in [1.54, 1.807) is 13.8 Å². The largest absolute Gasteiger partial charge is 0.461 e. The monoisotopic (exact) mass is 275 g/mol. The van der Waals surface area contributed by atoms with Crippen LogP contribution >= 0.6 is 23.2 Å². The summed E-state index contributed by atoms with van der Waals surface area (Å²) in [7, 11) is 0. The van der Waals surface area contributed by atoms with Gasteiger partial charge in [0, 0.05) is 11.6 Å².